The molecule has 1 aliphatic heterocycles. The van der Waals surface area contributed by atoms with Gasteiger partial charge in [0, 0.05) is 32.4 Å². The van der Waals surface area contributed by atoms with Gasteiger partial charge in [-0.3, -0.25) is 4.90 Å². The van der Waals surface area contributed by atoms with E-state index < -0.39 is 0 Å². The van der Waals surface area contributed by atoms with Gasteiger partial charge in [0.05, 0.1) is 25.2 Å². The van der Waals surface area contributed by atoms with E-state index in [1.54, 1.807) is 0 Å². The van der Waals surface area contributed by atoms with Gasteiger partial charge in [-0.2, -0.15) is 0 Å². The molecule has 4 nitrogen and oxygen atoms in total. The Bertz CT molecular complexity index is 316. The van der Waals surface area contributed by atoms with Crippen molar-refractivity contribution >= 4 is 0 Å². The first kappa shape index (κ1) is 11.6. The zero-order chi connectivity index (χ0) is 11.4. The Balaban J connectivity index is 1.79. The molecular formula is C12H21N3O. The Kier molecular flexibility index (Phi) is 3.96. The van der Waals surface area contributed by atoms with Crippen LogP contribution in [-0.2, 0) is 11.3 Å². The van der Waals surface area contributed by atoms with Crippen LogP contribution in [0.15, 0.2) is 12.5 Å². The minimum atomic E-state index is 0.518. The average Bonchev–Trinajstić information content (AvgIpc) is 2.76. The van der Waals surface area contributed by atoms with Gasteiger partial charge < -0.3 is 9.30 Å². The van der Waals surface area contributed by atoms with Gasteiger partial charge in [-0.1, -0.05) is 13.8 Å². The molecule has 16 heavy (non-hydrogen) atoms. The highest BCUT2D eigenvalue weighted by Crippen LogP contribution is 2.10. The molecular weight excluding hydrogens is 202 g/mol. The molecule has 90 valence electrons. The van der Waals surface area contributed by atoms with Crippen molar-refractivity contribution in [2.24, 2.45) is 0 Å². The van der Waals surface area contributed by atoms with E-state index in [0.29, 0.717) is 5.92 Å². The normalized spacial score (nSPS) is 18.2. The first-order valence-electron chi connectivity index (χ1n) is 6.07. The maximum atomic E-state index is 5.33. The highest BCUT2D eigenvalue weighted by atomic mass is 16.5. The monoisotopic (exact) mass is 223 g/mol. The molecule has 0 unspecified atom stereocenters. The van der Waals surface area contributed by atoms with Crippen LogP contribution in [0.2, 0.25) is 0 Å². The quantitative estimate of drug-likeness (QED) is 0.771. The van der Waals surface area contributed by atoms with E-state index in [9.17, 15) is 0 Å². The zero-order valence-corrected chi connectivity index (χ0v) is 10.2. The Labute approximate surface area is 97.2 Å². The highest BCUT2D eigenvalue weighted by molar-refractivity contribution is 5.01. The van der Waals surface area contributed by atoms with E-state index in [0.717, 1.165) is 39.4 Å². The fraction of sp³-hybridized carbons (Fsp3) is 0.750. The molecule has 0 spiro atoms. The SMILES string of the molecule is CC(C)c1cn(CCN2CCOCC2)cn1. The van der Waals surface area contributed by atoms with Crippen LogP contribution in [0.1, 0.15) is 25.5 Å². The minimum Gasteiger partial charge on any atom is -0.379 e. The lowest BCUT2D eigenvalue weighted by Crippen LogP contribution is -2.38. The molecule has 1 aromatic heterocycles. The summed E-state index contributed by atoms with van der Waals surface area (Å²) in [6.45, 7) is 10.3. The molecule has 1 aliphatic rings. The van der Waals surface area contributed by atoms with E-state index in [1.165, 1.54) is 5.69 Å². The van der Waals surface area contributed by atoms with Gasteiger partial charge in [-0.15, -0.1) is 0 Å². The molecule has 0 N–H and O–H groups in total. The Hall–Kier alpha value is -0.870. The third-order valence-electron chi connectivity index (χ3n) is 3.02. The number of rotatable bonds is 4. The first-order chi connectivity index (χ1) is 7.75. The van der Waals surface area contributed by atoms with E-state index in [2.05, 4.69) is 34.5 Å². The van der Waals surface area contributed by atoms with Crippen molar-refractivity contribution < 1.29 is 4.74 Å². The lowest BCUT2D eigenvalue weighted by molar-refractivity contribution is 0.0364. The number of hydrogen-bond donors (Lipinski definition) is 0. The van der Waals surface area contributed by atoms with Crippen molar-refractivity contribution in [1.82, 2.24) is 14.5 Å². The van der Waals surface area contributed by atoms with Gasteiger partial charge in [0.15, 0.2) is 0 Å². The maximum absolute atomic E-state index is 5.33. The van der Waals surface area contributed by atoms with E-state index >= 15 is 0 Å². The minimum absolute atomic E-state index is 0.518. The summed E-state index contributed by atoms with van der Waals surface area (Å²) in [6.07, 6.45) is 4.10. The fourth-order valence-electron chi connectivity index (χ4n) is 1.88. The smallest absolute Gasteiger partial charge is 0.0949 e. The van der Waals surface area contributed by atoms with Gasteiger partial charge >= 0.3 is 0 Å². The fourth-order valence-corrected chi connectivity index (χ4v) is 1.88. The summed E-state index contributed by atoms with van der Waals surface area (Å²) in [5.74, 6) is 0.518. The van der Waals surface area contributed by atoms with Crippen LogP contribution in [0.5, 0.6) is 0 Å². The summed E-state index contributed by atoms with van der Waals surface area (Å²) in [5, 5.41) is 0. The van der Waals surface area contributed by atoms with Gasteiger partial charge in [0.1, 0.15) is 0 Å². The summed E-state index contributed by atoms with van der Waals surface area (Å²) in [7, 11) is 0. The van der Waals surface area contributed by atoms with Crippen molar-refractivity contribution in [3.05, 3.63) is 18.2 Å². The van der Waals surface area contributed by atoms with Gasteiger partial charge in [0.25, 0.3) is 0 Å². The number of aromatic nitrogens is 2. The summed E-state index contributed by atoms with van der Waals surface area (Å²) in [4.78, 5) is 6.84. The van der Waals surface area contributed by atoms with Crippen LogP contribution in [0, 0.1) is 0 Å². The molecule has 0 saturated carbocycles. The maximum Gasteiger partial charge on any atom is 0.0949 e. The van der Waals surface area contributed by atoms with Crippen LogP contribution in [0.4, 0.5) is 0 Å². The van der Waals surface area contributed by atoms with Crippen molar-refractivity contribution in [1.29, 1.82) is 0 Å². The van der Waals surface area contributed by atoms with Crippen molar-refractivity contribution in [2.45, 2.75) is 26.3 Å². The summed E-state index contributed by atoms with van der Waals surface area (Å²) >= 11 is 0. The van der Waals surface area contributed by atoms with Gasteiger partial charge in [-0.05, 0) is 5.92 Å². The van der Waals surface area contributed by atoms with Crippen LogP contribution in [-0.4, -0.2) is 47.3 Å². The van der Waals surface area contributed by atoms with Crippen molar-refractivity contribution in [3.63, 3.8) is 0 Å². The Morgan fingerprint density at radius 1 is 1.31 bits per heavy atom. The lowest BCUT2D eigenvalue weighted by Gasteiger charge is -2.26. The second kappa shape index (κ2) is 5.46. The van der Waals surface area contributed by atoms with Gasteiger partial charge in [-0.25, -0.2) is 4.98 Å². The molecule has 1 fully saturated rings. The van der Waals surface area contributed by atoms with Crippen LogP contribution in [0.3, 0.4) is 0 Å². The molecule has 0 aliphatic carbocycles. The number of ether oxygens (including phenoxy) is 1. The first-order valence-corrected chi connectivity index (χ1v) is 6.07. The summed E-state index contributed by atoms with van der Waals surface area (Å²) in [6, 6.07) is 0. The van der Waals surface area contributed by atoms with Crippen LogP contribution < -0.4 is 0 Å². The van der Waals surface area contributed by atoms with E-state index in [4.69, 9.17) is 4.74 Å². The molecule has 0 atom stereocenters. The van der Waals surface area contributed by atoms with E-state index in [1.807, 2.05) is 6.33 Å². The second-order valence-corrected chi connectivity index (χ2v) is 4.65. The van der Waals surface area contributed by atoms with Crippen molar-refractivity contribution in [3.8, 4) is 0 Å². The largest absolute Gasteiger partial charge is 0.379 e. The van der Waals surface area contributed by atoms with Crippen LogP contribution in [0.25, 0.3) is 0 Å². The molecule has 2 heterocycles. The molecule has 0 amide bonds. The molecule has 1 aromatic rings. The van der Waals surface area contributed by atoms with Crippen LogP contribution >= 0.6 is 0 Å². The van der Waals surface area contributed by atoms with E-state index in [-0.39, 0.29) is 0 Å². The topological polar surface area (TPSA) is 30.3 Å². The number of imidazole rings is 1. The number of hydrogen-bond acceptors (Lipinski definition) is 3. The molecule has 0 bridgehead atoms. The van der Waals surface area contributed by atoms with Crippen molar-refractivity contribution in [2.75, 3.05) is 32.8 Å². The third kappa shape index (κ3) is 3.06. The molecule has 0 aromatic carbocycles. The molecule has 1 saturated heterocycles. The summed E-state index contributed by atoms with van der Waals surface area (Å²) < 4.78 is 7.51. The number of nitrogens with zero attached hydrogens (tertiary/aromatic N) is 3. The predicted octanol–water partition coefficient (Wildman–Crippen LogP) is 1.34. The zero-order valence-electron chi connectivity index (χ0n) is 10.2. The molecule has 2 rings (SSSR count). The highest BCUT2D eigenvalue weighted by Gasteiger charge is 2.10. The third-order valence-corrected chi connectivity index (χ3v) is 3.02. The molecule has 4 heteroatoms. The second-order valence-electron chi connectivity index (χ2n) is 4.65. The lowest BCUT2D eigenvalue weighted by atomic mass is 10.2. The standard InChI is InChI=1S/C12H21N3O/c1-11(2)12-9-15(10-13-12)4-3-14-5-7-16-8-6-14/h9-11H,3-8H2,1-2H3. The Morgan fingerprint density at radius 2 is 2.06 bits per heavy atom. The Morgan fingerprint density at radius 3 is 2.69 bits per heavy atom. The number of morpholine rings is 1. The predicted molar refractivity (Wildman–Crippen MR) is 63.6 cm³/mol. The summed E-state index contributed by atoms with van der Waals surface area (Å²) in [5.41, 5.74) is 1.18. The molecule has 0 radical (unpaired) electrons. The average molecular weight is 223 g/mol. The van der Waals surface area contributed by atoms with Gasteiger partial charge in [0.2, 0.25) is 0 Å².